The van der Waals surface area contributed by atoms with Crippen molar-refractivity contribution in [2.75, 3.05) is 6.61 Å². The van der Waals surface area contributed by atoms with Gasteiger partial charge in [0.1, 0.15) is 11.9 Å². The molecule has 2 unspecified atom stereocenters. The zero-order chi connectivity index (χ0) is 16.4. The van der Waals surface area contributed by atoms with Gasteiger partial charge in [0.15, 0.2) is 0 Å². The van der Waals surface area contributed by atoms with E-state index in [1.165, 1.54) is 5.57 Å². The molecule has 0 N–H and O–H groups in total. The Bertz CT molecular complexity index is 675. The number of benzene rings is 1. The molecule has 3 rings (SSSR count). The van der Waals surface area contributed by atoms with Crippen LogP contribution in [0, 0.1) is 11.3 Å². The van der Waals surface area contributed by atoms with E-state index in [-0.39, 0.29) is 18.0 Å². The Balaban J connectivity index is 1.82. The minimum absolute atomic E-state index is 0.0280. The molecule has 2 aliphatic rings. The lowest BCUT2D eigenvalue weighted by atomic mass is 9.94. The molecule has 3 nitrogen and oxygen atoms in total. The van der Waals surface area contributed by atoms with Gasteiger partial charge in [-0.15, -0.1) is 0 Å². The van der Waals surface area contributed by atoms with E-state index >= 15 is 0 Å². The summed E-state index contributed by atoms with van der Waals surface area (Å²) >= 11 is 0. The fraction of sp³-hybridized carbons (Fsp3) is 0.350. The molecule has 120 valence electrons. The van der Waals surface area contributed by atoms with Crippen LogP contribution in [-0.4, -0.2) is 12.6 Å². The van der Waals surface area contributed by atoms with Gasteiger partial charge in [-0.05, 0) is 44.1 Å². The van der Waals surface area contributed by atoms with Gasteiger partial charge in [0, 0.05) is 5.92 Å². The Morgan fingerprint density at radius 3 is 2.61 bits per heavy atom. The first-order chi connectivity index (χ1) is 10.9. The third-order valence-corrected chi connectivity index (χ3v) is 4.03. The molecule has 23 heavy (non-hydrogen) atoms. The summed E-state index contributed by atoms with van der Waals surface area (Å²) in [5.41, 5.74) is 1.84. The molecule has 0 spiro atoms. The molecule has 0 aromatic heterocycles. The summed E-state index contributed by atoms with van der Waals surface area (Å²) in [6, 6.07) is 10.2. The first kappa shape index (κ1) is 15.8. The molecule has 1 saturated heterocycles. The first-order valence-corrected chi connectivity index (χ1v) is 7.94. The van der Waals surface area contributed by atoms with Crippen LogP contribution in [0.15, 0.2) is 66.0 Å². The van der Waals surface area contributed by atoms with Crippen molar-refractivity contribution < 1.29 is 14.3 Å². The second kappa shape index (κ2) is 6.17. The predicted molar refractivity (Wildman–Crippen MR) is 89.5 cm³/mol. The van der Waals surface area contributed by atoms with E-state index in [0.29, 0.717) is 12.4 Å². The van der Waals surface area contributed by atoms with Gasteiger partial charge in [-0.3, -0.25) is 4.79 Å². The molecule has 2 atom stereocenters. The average Bonchev–Trinajstić information content (AvgIpc) is 2.82. The monoisotopic (exact) mass is 310 g/mol. The summed E-state index contributed by atoms with van der Waals surface area (Å²) in [4.78, 5) is 12.0. The van der Waals surface area contributed by atoms with Crippen molar-refractivity contribution in [1.29, 1.82) is 0 Å². The predicted octanol–water partition coefficient (Wildman–Crippen LogP) is 4.34. The molecule has 0 bridgehead atoms. The van der Waals surface area contributed by atoms with E-state index in [4.69, 9.17) is 9.47 Å². The molecule has 3 heteroatoms. The Hall–Kier alpha value is -2.13. The molecule has 1 aromatic rings. The van der Waals surface area contributed by atoms with E-state index in [1.54, 1.807) is 0 Å². The van der Waals surface area contributed by atoms with Gasteiger partial charge in [0.25, 0.3) is 0 Å². The van der Waals surface area contributed by atoms with Crippen LogP contribution in [0.2, 0.25) is 0 Å². The molecule has 1 aliphatic carbocycles. The van der Waals surface area contributed by atoms with Crippen LogP contribution >= 0.6 is 0 Å². The smallest absolute Gasteiger partial charge is 0.316 e. The third kappa shape index (κ3) is 3.45. The number of hydrogen-bond donors (Lipinski definition) is 0. The fourth-order valence-corrected chi connectivity index (χ4v) is 2.65. The van der Waals surface area contributed by atoms with Crippen LogP contribution in [0.5, 0.6) is 0 Å². The van der Waals surface area contributed by atoms with E-state index < -0.39 is 5.41 Å². The van der Waals surface area contributed by atoms with Gasteiger partial charge in [-0.2, -0.15) is 0 Å². The van der Waals surface area contributed by atoms with Crippen molar-refractivity contribution in [2.45, 2.75) is 26.9 Å². The molecule has 1 aromatic carbocycles. The average molecular weight is 310 g/mol. The summed E-state index contributed by atoms with van der Waals surface area (Å²) in [6.07, 6.45) is 7.79. The molecular formula is C20H22O3. The van der Waals surface area contributed by atoms with Gasteiger partial charge < -0.3 is 9.47 Å². The molecule has 1 heterocycles. The van der Waals surface area contributed by atoms with Crippen LogP contribution in [0.4, 0.5) is 0 Å². The van der Waals surface area contributed by atoms with Gasteiger partial charge >= 0.3 is 5.97 Å². The number of ether oxygens (including phenoxy) is 2. The lowest BCUT2D eigenvalue weighted by Crippen LogP contribution is -2.22. The number of allylic oxidation sites excluding steroid dienone is 3. The van der Waals surface area contributed by atoms with Gasteiger partial charge in [-0.25, -0.2) is 0 Å². The summed E-state index contributed by atoms with van der Waals surface area (Å²) in [5, 5.41) is 0. The second-order valence-corrected chi connectivity index (χ2v) is 6.96. The molecule has 1 fully saturated rings. The van der Waals surface area contributed by atoms with Crippen LogP contribution < -0.4 is 0 Å². The number of hydrogen-bond acceptors (Lipinski definition) is 3. The topological polar surface area (TPSA) is 35.5 Å². The highest BCUT2D eigenvalue weighted by Gasteiger charge is 2.31. The van der Waals surface area contributed by atoms with Gasteiger partial charge in [-0.1, -0.05) is 42.5 Å². The number of fused-ring (bicyclic) bond motifs is 1. The Labute approximate surface area is 137 Å². The maximum atomic E-state index is 12.0. The standard InChI is InChI=1S/C20H22O3/c1-20(2,3)19(21)23-16-10-9-15-13-22-18(17(15)12-11-16)14-7-5-4-6-8-14/h4-12,15,18H,13H2,1-3H3. The van der Waals surface area contributed by atoms with Crippen molar-refractivity contribution in [3.63, 3.8) is 0 Å². The van der Waals surface area contributed by atoms with E-state index in [1.807, 2.05) is 57.2 Å². The van der Waals surface area contributed by atoms with E-state index in [0.717, 1.165) is 5.56 Å². The van der Waals surface area contributed by atoms with Gasteiger partial charge in [0.2, 0.25) is 0 Å². The highest BCUT2D eigenvalue weighted by molar-refractivity contribution is 5.76. The second-order valence-electron chi connectivity index (χ2n) is 6.96. The molecular weight excluding hydrogens is 288 g/mol. The van der Waals surface area contributed by atoms with Crippen molar-refractivity contribution in [3.8, 4) is 0 Å². The maximum Gasteiger partial charge on any atom is 0.316 e. The van der Waals surface area contributed by atoms with E-state index in [9.17, 15) is 4.79 Å². The quantitative estimate of drug-likeness (QED) is 0.762. The number of carbonyl (C=O) groups excluding carboxylic acids is 1. The van der Waals surface area contributed by atoms with Crippen molar-refractivity contribution in [2.24, 2.45) is 11.3 Å². The van der Waals surface area contributed by atoms with Crippen molar-refractivity contribution >= 4 is 5.97 Å². The number of rotatable bonds is 2. The Morgan fingerprint density at radius 1 is 1.17 bits per heavy atom. The highest BCUT2D eigenvalue weighted by Crippen LogP contribution is 2.39. The lowest BCUT2D eigenvalue weighted by molar-refractivity contribution is -0.147. The van der Waals surface area contributed by atoms with Gasteiger partial charge in [0.05, 0.1) is 12.0 Å². The minimum Gasteiger partial charge on any atom is -0.426 e. The van der Waals surface area contributed by atoms with Crippen LogP contribution in [0.1, 0.15) is 32.4 Å². The van der Waals surface area contributed by atoms with E-state index in [2.05, 4.69) is 18.2 Å². The zero-order valence-corrected chi connectivity index (χ0v) is 13.8. The summed E-state index contributed by atoms with van der Waals surface area (Å²) in [6.45, 7) is 6.20. The van der Waals surface area contributed by atoms with Crippen molar-refractivity contribution in [1.82, 2.24) is 0 Å². The van der Waals surface area contributed by atoms with Crippen LogP contribution in [0.3, 0.4) is 0 Å². The third-order valence-electron chi connectivity index (χ3n) is 4.03. The molecule has 0 amide bonds. The Morgan fingerprint density at radius 2 is 1.91 bits per heavy atom. The SMILES string of the molecule is CC(C)(C)C(=O)OC1=CC=C2C(C=C1)COC2c1ccccc1. The fourth-order valence-electron chi connectivity index (χ4n) is 2.65. The molecule has 1 aliphatic heterocycles. The Kier molecular flexibility index (Phi) is 4.22. The number of esters is 1. The summed E-state index contributed by atoms with van der Waals surface area (Å²) < 4.78 is 11.4. The maximum absolute atomic E-state index is 12.0. The number of carbonyl (C=O) groups is 1. The van der Waals surface area contributed by atoms with Crippen LogP contribution in [-0.2, 0) is 14.3 Å². The van der Waals surface area contributed by atoms with Crippen LogP contribution in [0.25, 0.3) is 0 Å². The lowest BCUT2D eigenvalue weighted by Gasteiger charge is -2.16. The first-order valence-electron chi connectivity index (χ1n) is 7.94. The van der Waals surface area contributed by atoms with Crippen molar-refractivity contribution in [3.05, 3.63) is 71.5 Å². The molecule has 0 radical (unpaired) electrons. The molecule has 0 saturated carbocycles. The summed E-state index contributed by atoms with van der Waals surface area (Å²) in [7, 11) is 0. The zero-order valence-electron chi connectivity index (χ0n) is 13.8. The minimum atomic E-state index is -0.514. The normalized spacial score (nSPS) is 23.6. The largest absolute Gasteiger partial charge is 0.426 e. The highest BCUT2D eigenvalue weighted by atomic mass is 16.5. The summed E-state index contributed by atoms with van der Waals surface area (Å²) in [5.74, 6) is 0.579.